The van der Waals surface area contributed by atoms with E-state index in [1.165, 1.54) is 0 Å². The van der Waals surface area contributed by atoms with Crippen LogP contribution in [0.4, 0.5) is 5.95 Å². The van der Waals surface area contributed by atoms with Gasteiger partial charge in [0.25, 0.3) is 0 Å². The van der Waals surface area contributed by atoms with Gasteiger partial charge in [-0.15, -0.1) is 11.3 Å². The maximum absolute atomic E-state index is 12.3. The average molecular weight is 347 g/mol. The SMILES string of the molecule is COc1ccnc(N2CCC(C(=O)NCc3ncc(C)s3)CC2)n1. The summed E-state index contributed by atoms with van der Waals surface area (Å²) in [5.74, 6) is 1.35. The Kier molecular flexibility index (Phi) is 5.24. The van der Waals surface area contributed by atoms with Gasteiger partial charge in [0.1, 0.15) is 5.01 Å². The number of methoxy groups -OCH3 is 1. The predicted octanol–water partition coefficient (Wildman–Crippen LogP) is 1.78. The highest BCUT2D eigenvalue weighted by molar-refractivity contribution is 7.11. The molecule has 1 N–H and O–H groups in total. The third kappa shape index (κ3) is 4.00. The fourth-order valence-corrected chi connectivity index (χ4v) is 3.46. The van der Waals surface area contributed by atoms with Crippen LogP contribution in [0.3, 0.4) is 0 Å². The van der Waals surface area contributed by atoms with E-state index in [9.17, 15) is 4.79 Å². The highest BCUT2D eigenvalue weighted by atomic mass is 32.1. The summed E-state index contributed by atoms with van der Waals surface area (Å²) in [6.07, 6.45) is 5.11. The Morgan fingerprint density at radius 1 is 1.42 bits per heavy atom. The van der Waals surface area contributed by atoms with Crippen LogP contribution >= 0.6 is 11.3 Å². The molecule has 1 saturated heterocycles. The van der Waals surface area contributed by atoms with Crippen LogP contribution in [-0.4, -0.2) is 41.1 Å². The number of ether oxygens (including phenoxy) is 1. The Bertz CT molecular complexity index is 697. The molecular formula is C16H21N5O2S. The maximum Gasteiger partial charge on any atom is 0.228 e. The molecule has 0 aliphatic carbocycles. The van der Waals surface area contributed by atoms with E-state index < -0.39 is 0 Å². The molecular weight excluding hydrogens is 326 g/mol. The predicted molar refractivity (Wildman–Crippen MR) is 92.2 cm³/mol. The fraction of sp³-hybridized carbons (Fsp3) is 0.500. The van der Waals surface area contributed by atoms with Gasteiger partial charge < -0.3 is 15.0 Å². The Morgan fingerprint density at radius 3 is 2.88 bits per heavy atom. The van der Waals surface area contributed by atoms with E-state index in [1.807, 2.05) is 13.1 Å². The van der Waals surface area contributed by atoms with Crippen molar-refractivity contribution in [1.29, 1.82) is 0 Å². The minimum atomic E-state index is 0.0351. The van der Waals surface area contributed by atoms with Crippen LogP contribution in [0.5, 0.6) is 5.88 Å². The van der Waals surface area contributed by atoms with Crippen LogP contribution in [0.25, 0.3) is 0 Å². The van der Waals surface area contributed by atoms with Crippen molar-refractivity contribution >= 4 is 23.2 Å². The topological polar surface area (TPSA) is 80.2 Å². The summed E-state index contributed by atoms with van der Waals surface area (Å²) in [5, 5.41) is 3.94. The van der Waals surface area contributed by atoms with Gasteiger partial charge in [0.2, 0.25) is 17.7 Å². The number of nitrogens with zero attached hydrogens (tertiary/aromatic N) is 4. The number of thiazole rings is 1. The van der Waals surface area contributed by atoms with Crippen molar-refractivity contribution in [2.45, 2.75) is 26.3 Å². The van der Waals surface area contributed by atoms with Gasteiger partial charge in [-0.3, -0.25) is 4.79 Å². The molecule has 1 amide bonds. The van der Waals surface area contributed by atoms with Gasteiger partial charge in [0, 0.05) is 42.3 Å². The molecule has 0 bridgehead atoms. The summed E-state index contributed by atoms with van der Waals surface area (Å²) in [6.45, 7) is 4.05. The van der Waals surface area contributed by atoms with Crippen LogP contribution in [0.2, 0.25) is 0 Å². The lowest BCUT2D eigenvalue weighted by Gasteiger charge is -2.31. The highest BCUT2D eigenvalue weighted by Crippen LogP contribution is 2.22. The molecule has 0 atom stereocenters. The van der Waals surface area contributed by atoms with Gasteiger partial charge in [0.05, 0.1) is 13.7 Å². The second-order valence-corrected chi connectivity index (χ2v) is 7.06. The standard InChI is InChI=1S/C16H21N5O2S/c1-11-9-18-14(24-11)10-19-15(22)12-4-7-21(8-5-12)16-17-6-3-13(20-16)23-2/h3,6,9,12H,4-5,7-8,10H2,1-2H3,(H,19,22). The number of nitrogens with one attached hydrogen (secondary N) is 1. The molecule has 8 heteroatoms. The number of anilines is 1. The molecule has 1 aliphatic heterocycles. The lowest BCUT2D eigenvalue weighted by molar-refractivity contribution is -0.125. The summed E-state index contributed by atoms with van der Waals surface area (Å²) in [7, 11) is 1.59. The Balaban J connectivity index is 1.49. The number of carbonyl (C=O) groups excluding carboxylic acids is 1. The number of aromatic nitrogens is 3. The monoisotopic (exact) mass is 347 g/mol. The van der Waals surface area contributed by atoms with E-state index in [1.54, 1.807) is 30.7 Å². The first-order chi connectivity index (χ1) is 11.7. The first-order valence-corrected chi connectivity index (χ1v) is 8.78. The maximum atomic E-state index is 12.3. The van der Waals surface area contributed by atoms with Gasteiger partial charge in [0.15, 0.2) is 0 Å². The van der Waals surface area contributed by atoms with Crippen LogP contribution < -0.4 is 15.0 Å². The third-order valence-electron chi connectivity index (χ3n) is 4.06. The van der Waals surface area contributed by atoms with Gasteiger partial charge in [-0.05, 0) is 19.8 Å². The minimum absolute atomic E-state index is 0.0351. The van der Waals surface area contributed by atoms with E-state index in [0.29, 0.717) is 18.4 Å². The molecule has 1 aliphatic rings. The Hall–Kier alpha value is -2.22. The molecule has 0 radical (unpaired) electrons. The van der Waals surface area contributed by atoms with Gasteiger partial charge in [-0.2, -0.15) is 4.98 Å². The van der Waals surface area contributed by atoms with Gasteiger partial charge >= 0.3 is 0 Å². The molecule has 2 aromatic rings. The molecule has 3 rings (SSSR count). The van der Waals surface area contributed by atoms with Crippen LogP contribution in [-0.2, 0) is 11.3 Å². The van der Waals surface area contributed by atoms with Crippen molar-refractivity contribution < 1.29 is 9.53 Å². The van der Waals surface area contributed by atoms with E-state index >= 15 is 0 Å². The van der Waals surface area contributed by atoms with Gasteiger partial charge in [-0.25, -0.2) is 9.97 Å². The molecule has 24 heavy (non-hydrogen) atoms. The molecule has 2 aromatic heterocycles. The Morgan fingerprint density at radius 2 is 2.21 bits per heavy atom. The smallest absolute Gasteiger partial charge is 0.228 e. The molecule has 0 saturated carbocycles. The normalized spacial score (nSPS) is 15.3. The average Bonchev–Trinajstić information content (AvgIpc) is 3.05. The molecule has 3 heterocycles. The lowest BCUT2D eigenvalue weighted by atomic mass is 9.96. The summed E-state index contributed by atoms with van der Waals surface area (Å²) in [6, 6.07) is 1.73. The minimum Gasteiger partial charge on any atom is -0.481 e. The molecule has 128 valence electrons. The molecule has 0 spiro atoms. The van der Waals surface area contributed by atoms with Crippen molar-refractivity contribution in [3.8, 4) is 5.88 Å². The molecule has 0 unspecified atom stereocenters. The lowest BCUT2D eigenvalue weighted by Crippen LogP contribution is -2.41. The van der Waals surface area contributed by atoms with Crippen molar-refractivity contribution in [2.24, 2.45) is 5.92 Å². The quantitative estimate of drug-likeness (QED) is 0.888. The van der Waals surface area contributed by atoms with E-state index in [-0.39, 0.29) is 11.8 Å². The van der Waals surface area contributed by atoms with Crippen LogP contribution in [0.1, 0.15) is 22.7 Å². The van der Waals surface area contributed by atoms with Crippen LogP contribution in [0, 0.1) is 12.8 Å². The third-order valence-corrected chi connectivity index (χ3v) is 4.97. The fourth-order valence-electron chi connectivity index (χ4n) is 2.73. The van der Waals surface area contributed by atoms with E-state index in [0.717, 1.165) is 35.8 Å². The number of amides is 1. The van der Waals surface area contributed by atoms with Crippen molar-refractivity contribution in [2.75, 3.05) is 25.1 Å². The first kappa shape index (κ1) is 16.6. The summed E-state index contributed by atoms with van der Waals surface area (Å²) in [5.41, 5.74) is 0. The zero-order valence-electron chi connectivity index (χ0n) is 13.9. The van der Waals surface area contributed by atoms with Crippen molar-refractivity contribution in [3.05, 3.63) is 28.3 Å². The molecule has 0 aromatic carbocycles. The number of hydrogen-bond donors (Lipinski definition) is 1. The second kappa shape index (κ2) is 7.57. The number of rotatable bonds is 5. The number of piperidine rings is 1. The van der Waals surface area contributed by atoms with Crippen molar-refractivity contribution in [3.63, 3.8) is 0 Å². The van der Waals surface area contributed by atoms with Gasteiger partial charge in [-0.1, -0.05) is 0 Å². The zero-order chi connectivity index (χ0) is 16.9. The Labute approximate surface area is 145 Å². The molecule has 1 fully saturated rings. The van der Waals surface area contributed by atoms with E-state index in [2.05, 4.69) is 25.2 Å². The summed E-state index contributed by atoms with van der Waals surface area (Å²) in [4.78, 5) is 28.5. The number of aryl methyl sites for hydroxylation is 1. The number of hydrogen-bond acceptors (Lipinski definition) is 7. The highest BCUT2D eigenvalue weighted by Gasteiger charge is 2.26. The largest absolute Gasteiger partial charge is 0.481 e. The molecule has 7 nitrogen and oxygen atoms in total. The number of carbonyl (C=O) groups is 1. The van der Waals surface area contributed by atoms with Crippen molar-refractivity contribution in [1.82, 2.24) is 20.3 Å². The summed E-state index contributed by atoms with van der Waals surface area (Å²) < 4.78 is 5.13. The zero-order valence-corrected chi connectivity index (χ0v) is 14.7. The second-order valence-electron chi connectivity index (χ2n) is 5.74. The van der Waals surface area contributed by atoms with Crippen LogP contribution in [0.15, 0.2) is 18.5 Å². The van der Waals surface area contributed by atoms with E-state index in [4.69, 9.17) is 4.74 Å². The first-order valence-electron chi connectivity index (χ1n) is 7.96. The summed E-state index contributed by atoms with van der Waals surface area (Å²) >= 11 is 1.62.